The van der Waals surface area contributed by atoms with Gasteiger partial charge in [0.05, 0.1) is 17.7 Å². The first-order valence-electron chi connectivity index (χ1n) is 10.3. The average molecular weight is 460 g/mol. The van der Waals surface area contributed by atoms with Gasteiger partial charge in [0.1, 0.15) is 17.5 Å². The van der Waals surface area contributed by atoms with Crippen LogP contribution in [0.25, 0.3) is 0 Å². The van der Waals surface area contributed by atoms with Gasteiger partial charge in [0.2, 0.25) is 15.9 Å². The number of rotatable bonds is 6. The van der Waals surface area contributed by atoms with Crippen LogP contribution in [0.2, 0.25) is 0 Å². The van der Waals surface area contributed by atoms with Gasteiger partial charge in [0.25, 0.3) is 5.91 Å². The number of ether oxygens (including phenoxy) is 2. The number of benzene rings is 2. The van der Waals surface area contributed by atoms with Crippen molar-refractivity contribution in [2.45, 2.75) is 43.4 Å². The number of hydrogen-bond donors (Lipinski definition) is 2. The molecule has 2 amide bonds. The molecule has 9 nitrogen and oxygen atoms in total. The maximum atomic E-state index is 13.3. The lowest BCUT2D eigenvalue weighted by Crippen LogP contribution is -2.45. The quantitative estimate of drug-likeness (QED) is 0.682. The zero-order chi connectivity index (χ0) is 22.9. The van der Waals surface area contributed by atoms with Crippen LogP contribution in [0.15, 0.2) is 47.4 Å². The smallest absolute Gasteiger partial charge is 0.265 e. The predicted molar refractivity (Wildman–Crippen MR) is 117 cm³/mol. The summed E-state index contributed by atoms with van der Waals surface area (Å²) in [6.45, 7) is 2.12. The standard InChI is InChI=1S/C22H25N3O6S/c1-14-21(26)24-18-12-17(8-9-20(18)31-14)32(28,29)25-10-4-7-19(25)22(27)23-13-15-5-3-6-16(11-15)30-2/h3,5-6,8-9,11-12,14,19H,4,7,10,13H2,1-2H3,(H,23,27)(H,24,26)/t14-,19+/m1/s1. The van der Waals surface area contributed by atoms with E-state index < -0.39 is 22.2 Å². The Kier molecular flexibility index (Phi) is 6.07. The molecule has 4 rings (SSSR count). The molecule has 0 spiro atoms. The van der Waals surface area contributed by atoms with Crippen LogP contribution >= 0.6 is 0 Å². The molecule has 170 valence electrons. The Morgan fingerprint density at radius 1 is 1.28 bits per heavy atom. The van der Waals surface area contributed by atoms with Crippen molar-refractivity contribution in [2.75, 3.05) is 19.0 Å². The van der Waals surface area contributed by atoms with Crippen molar-refractivity contribution in [1.82, 2.24) is 9.62 Å². The molecule has 0 radical (unpaired) electrons. The van der Waals surface area contributed by atoms with Crippen LogP contribution in [0, 0.1) is 0 Å². The molecule has 0 aliphatic carbocycles. The Morgan fingerprint density at radius 2 is 2.09 bits per heavy atom. The van der Waals surface area contributed by atoms with Crippen molar-refractivity contribution in [3.8, 4) is 11.5 Å². The van der Waals surface area contributed by atoms with Crippen molar-refractivity contribution >= 4 is 27.5 Å². The summed E-state index contributed by atoms with van der Waals surface area (Å²) in [5, 5.41) is 5.49. The molecular formula is C22H25N3O6S. The lowest BCUT2D eigenvalue weighted by molar-refractivity contribution is -0.124. The van der Waals surface area contributed by atoms with Crippen LogP contribution in [0.3, 0.4) is 0 Å². The molecule has 2 heterocycles. The Labute approximate surface area is 186 Å². The predicted octanol–water partition coefficient (Wildman–Crippen LogP) is 1.88. The molecule has 0 saturated carbocycles. The summed E-state index contributed by atoms with van der Waals surface area (Å²) >= 11 is 0. The van der Waals surface area contributed by atoms with Gasteiger partial charge >= 0.3 is 0 Å². The number of carbonyl (C=O) groups is 2. The molecule has 2 N–H and O–H groups in total. The highest BCUT2D eigenvalue weighted by Crippen LogP contribution is 2.34. The normalized spacial score (nSPS) is 20.8. The van der Waals surface area contributed by atoms with Gasteiger partial charge < -0.3 is 20.1 Å². The van der Waals surface area contributed by atoms with Crippen molar-refractivity contribution in [3.05, 3.63) is 48.0 Å². The van der Waals surface area contributed by atoms with Crippen molar-refractivity contribution in [2.24, 2.45) is 0 Å². The second-order valence-electron chi connectivity index (χ2n) is 7.75. The van der Waals surface area contributed by atoms with E-state index >= 15 is 0 Å². The third-order valence-electron chi connectivity index (χ3n) is 5.60. The Morgan fingerprint density at radius 3 is 2.88 bits per heavy atom. The lowest BCUT2D eigenvalue weighted by Gasteiger charge is -2.26. The Hall–Kier alpha value is -3.11. The largest absolute Gasteiger partial charge is 0.497 e. The molecule has 0 unspecified atom stereocenters. The molecule has 2 aliphatic rings. The van der Waals surface area contributed by atoms with E-state index in [0.29, 0.717) is 30.0 Å². The molecule has 0 bridgehead atoms. The molecule has 32 heavy (non-hydrogen) atoms. The monoisotopic (exact) mass is 459 g/mol. The number of fused-ring (bicyclic) bond motifs is 1. The SMILES string of the molecule is COc1cccc(CNC(=O)[C@@H]2CCCN2S(=O)(=O)c2ccc3c(c2)NC(=O)[C@@H](C)O3)c1. The summed E-state index contributed by atoms with van der Waals surface area (Å²) in [4.78, 5) is 24.7. The van der Waals surface area contributed by atoms with E-state index in [1.54, 1.807) is 14.0 Å². The van der Waals surface area contributed by atoms with Gasteiger partial charge in [0.15, 0.2) is 6.10 Å². The molecule has 2 aromatic rings. The van der Waals surface area contributed by atoms with Crippen LogP contribution in [0.5, 0.6) is 11.5 Å². The summed E-state index contributed by atoms with van der Waals surface area (Å²) in [7, 11) is -2.38. The fourth-order valence-corrected chi connectivity index (χ4v) is 5.55. The van der Waals surface area contributed by atoms with Crippen molar-refractivity contribution in [1.29, 1.82) is 0 Å². The fraction of sp³-hybridized carbons (Fsp3) is 0.364. The highest BCUT2D eigenvalue weighted by Gasteiger charge is 2.40. The third kappa shape index (κ3) is 4.28. The average Bonchev–Trinajstić information content (AvgIpc) is 3.29. The number of nitrogens with one attached hydrogen (secondary N) is 2. The van der Waals surface area contributed by atoms with Gasteiger partial charge in [-0.15, -0.1) is 0 Å². The van der Waals surface area contributed by atoms with Crippen molar-refractivity contribution < 1.29 is 27.5 Å². The van der Waals surface area contributed by atoms with Gasteiger partial charge in [0, 0.05) is 13.1 Å². The number of amides is 2. The summed E-state index contributed by atoms with van der Waals surface area (Å²) in [5.41, 5.74) is 1.15. The first-order chi connectivity index (χ1) is 15.3. The van der Waals surface area contributed by atoms with Crippen molar-refractivity contribution in [3.63, 3.8) is 0 Å². The van der Waals surface area contributed by atoms with Crippen LogP contribution < -0.4 is 20.1 Å². The number of methoxy groups -OCH3 is 1. The molecule has 10 heteroatoms. The Bertz CT molecular complexity index is 1150. The first-order valence-corrected chi connectivity index (χ1v) is 11.8. The number of carbonyl (C=O) groups excluding carboxylic acids is 2. The zero-order valence-electron chi connectivity index (χ0n) is 17.8. The molecular weight excluding hydrogens is 434 g/mol. The minimum atomic E-state index is -3.95. The van der Waals surface area contributed by atoms with E-state index in [-0.39, 0.29) is 29.8 Å². The maximum absolute atomic E-state index is 13.3. The Balaban J connectivity index is 1.50. The topological polar surface area (TPSA) is 114 Å². The van der Waals surface area contributed by atoms with E-state index in [1.165, 1.54) is 22.5 Å². The highest BCUT2D eigenvalue weighted by molar-refractivity contribution is 7.89. The summed E-state index contributed by atoms with van der Waals surface area (Å²) < 4.78 is 38.5. The van der Waals surface area contributed by atoms with E-state index in [0.717, 1.165) is 5.56 Å². The molecule has 1 saturated heterocycles. The van der Waals surface area contributed by atoms with Gasteiger partial charge in [-0.3, -0.25) is 9.59 Å². The summed E-state index contributed by atoms with van der Waals surface area (Å²) in [6.07, 6.45) is 0.366. The second-order valence-corrected chi connectivity index (χ2v) is 9.64. The highest BCUT2D eigenvalue weighted by atomic mass is 32.2. The number of nitrogens with zero attached hydrogens (tertiary/aromatic N) is 1. The molecule has 2 atom stereocenters. The molecule has 0 aromatic heterocycles. The molecule has 2 aliphatic heterocycles. The van der Waals surface area contributed by atoms with Gasteiger partial charge in [-0.25, -0.2) is 8.42 Å². The number of sulfonamides is 1. The van der Waals surface area contributed by atoms with E-state index in [9.17, 15) is 18.0 Å². The zero-order valence-corrected chi connectivity index (χ0v) is 18.6. The molecule has 1 fully saturated rings. The van der Waals surface area contributed by atoms with E-state index in [1.807, 2.05) is 24.3 Å². The van der Waals surface area contributed by atoms with E-state index in [4.69, 9.17) is 9.47 Å². The maximum Gasteiger partial charge on any atom is 0.265 e. The summed E-state index contributed by atoms with van der Waals surface area (Å²) in [5.74, 6) is 0.394. The summed E-state index contributed by atoms with van der Waals surface area (Å²) in [6, 6.07) is 10.8. The van der Waals surface area contributed by atoms with Crippen LogP contribution in [-0.4, -0.2) is 50.3 Å². The third-order valence-corrected chi connectivity index (χ3v) is 7.50. The molecule has 2 aromatic carbocycles. The first kappa shape index (κ1) is 22.1. The number of anilines is 1. The minimum Gasteiger partial charge on any atom is -0.497 e. The van der Waals surface area contributed by atoms with Crippen LogP contribution in [0.4, 0.5) is 5.69 Å². The van der Waals surface area contributed by atoms with Crippen LogP contribution in [0.1, 0.15) is 25.3 Å². The minimum absolute atomic E-state index is 0.00204. The van der Waals surface area contributed by atoms with Gasteiger partial charge in [-0.05, 0) is 55.7 Å². The van der Waals surface area contributed by atoms with Gasteiger partial charge in [-0.1, -0.05) is 12.1 Å². The number of hydrogen-bond acceptors (Lipinski definition) is 6. The second kappa shape index (κ2) is 8.79. The lowest BCUT2D eigenvalue weighted by atomic mass is 10.2. The fourth-order valence-electron chi connectivity index (χ4n) is 3.86. The van der Waals surface area contributed by atoms with Gasteiger partial charge in [-0.2, -0.15) is 4.31 Å². The van der Waals surface area contributed by atoms with E-state index in [2.05, 4.69) is 10.6 Å². The van der Waals surface area contributed by atoms with Crippen LogP contribution in [-0.2, 0) is 26.2 Å².